The number of fused-ring (bicyclic) bond motifs is 1. The third kappa shape index (κ3) is 3.08. The van der Waals surface area contributed by atoms with Crippen molar-refractivity contribution in [3.8, 4) is 5.75 Å². The molecule has 0 aliphatic carbocycles. The van der Waals surface area contributed by atoms with Gasteiger partial charge in [-0.05, 0) is 36.2 Å². The SMILES string of the molecule is Cc1ccc(C(=O)NCc2cc(=O)[nH]c3ccccc23)cc1O. The number of amides is 1. The Morgan fingerprint density at radius 2 is 1.96 bits per heavy atom. The van der Waals surface area contributed by atoms with Crippen molar-refractivity contribution in [3.05, 3.63) is 75.6 Å². The molecule has 0 spiro atoms. The van der Waals surface area contributed by atoms with E-state index in [1.54, 1.807) is 19.1 Å². The third-order valence-electron chi connectivity index (χ3n) is 3.75. The van der Waals surface area contributed by atoms with E-state index in [9.17, 15) is 14.7 Å². The molecule has 3 aromatic rings. The van der Waals surface area contributed by atoms with Gasteiger partial charge in [-0.25, -0.2) is 0 Å². The number of aryl methyl sites for hydroxylation is 1. The van der Waals surface area contributed by atoms with Crippen molar-refractivity contribution >= 4 is 16.8 Å². The normalized spacial score (nSPS) is 10.7. The second-order valence-electron chi connectivity index (χ2n) is 5.39. The maximum atomic E-state index is 12.2. The summed E-state index contributed by atoms with van der Waals surface area (Å²) in [5, 5.41) is 13.4. The first kappa shape index (κ1) is 14.8. The van der Waals surface area contributed by atoms with Crippen LogP contribution in [-0.2, 0) is 6.54 Å². The standard InChI is InChI=1S/C18H16N2O3/c1-11-6-7-12(8-16(11)21)18(23)19-10-13-9-17(22)20-15-5-3-2-4-14(13)15/h2-9,21H,10H2,1H3,(H,19,23)(H,20,22). The van der Waals surface area contributed by atoms with Gasteiger partial charge in [-0.1, -0.05) is 24.3 Å². The van der Waals surface area contributed by atoms with E-state index in [0.717, 1.165) is 16.5 Å². The van der Waals surface area contributed by atoms with Crippen LogP contribution >= 0.6 is 0 Å². The van der Waals surface area contributed by atoms with Gasteiger partial charge in [0.1, 0.15) is 5.75 Å². The van der Waals surface area contributed by atoms with Gasteiger partial charge >= 0.3 is 0 Å². The van der Waals surface area contributed by atoms with Crippen molar-refractivity contribution in [2.45, 2.75) is 13.5 Å². The monoisotopic (exact) mass is 308 g/mol. The molecule has 5 heteroatoms. The van der Waals surface area contributed by atoms with Gasteiger partial charge in [0.2, 0.25) is 5.56 Å². The number of nitrogens with one attached hydrogen (secondary N) is 2. The summed E-state index contributed by atoms with van der Waals surface area (Å²) in [6.07, 6.45) is 0. The van der Waals surface area contributed by atoms with Crippen molar-refractivity contribution in [1.29, 1.82) is 0 Å². The van der Waals surface area contributed by atoms with E-state index in [1.165, 1.54) is 12.1 Å². The van der Waals surface area contributed by atoms with E-state index in [1.807, 2.05) is 24.3 Å². The highest BCUT2D eigenvalue weighted by atomic mass is 16.3. The molecule has 5 nitrogen and oxygen atoms in total. The molecule has 116 valence electrons. The molecule has 0 unspecified atom stereocenters. The highest BCUT2D eigenvalue weighted by molar-refractivity contribution is 5.95. The zero-order chi connectivity index (χ0) is 16.4. The minimum absolute atomic E-state index is 0.0826. The molecule has 0 fully saturated rings. The molecule has 2 aromatic carbocycles. The lowest BCUT2D eigenvalue weighted by Gasteiger charge is -2.09. The maximum Gasteiger partial charge on any atom is 0.251 e. The van der Waals surface area contributed by atoms with E-state index in [4.69, 9.17) is 0 Å². The molecular formula is C18H16N2O3. The number of hydrogen-bond donors (Lipinski definition) is 3. The Kier molecular flexibility index (Phi) is 3.85. The first-order chi connectivity index (χ1) is 11.0. The van der Waals surface area contributed by atoms with Crippen LogP contribution in [-0.4, -0.2) is 16.0 Å². The van der Waals surface area contributed by atoms with Crippen LogP contribution in [0.4, 0.5) is 0 Å². The highest BCUT2D eigenvalue weighted by Gasteiger charge is 2.09. The van der Waals surface area contributed by atoms with Crippen LogP contribution in [0.3, 0.4) is 0 Å². The third-order valence-corrected chi connectivity index (χ3v) is 3.75. The van der Waals surface area contributed by atoms with Gasteiger partial charge in [-0.15, -0.1) is 0 Å². The molecule has 0 aliphatic heterocycles. The zero-order valence-corrected chi connectivity index (χ0v) is 12.6. The molecule has 23 heavy (non-hydrogen) atoms. The lowest BCUT2D eigenvalue weighted by atomic mass is 10.1. The van der Waals surface area contributed by atoms with Crippen molar-refractivity contribution in [3.63, 3.8) is 0 Å². The van der Waals surface area contributed by atoms with Crippen LogP contribution in [0.1, 0.15) is 21.5 Å². The summed E-state index contributed by atoms with van der Waals surface area (Å²) in [5.41, 5.74) is 2.36. The van der Waals surface area contributed by atoms with E-state index >= 15 is 0 Å². The van der Waals surface area contributed by atoms with Gasteiger partial charge in [0.15, 0.2) is 0 Å². The largest absolute Gasteiger partial charge is 0.508 e. The fourth-order valence-electron chi connectivity index (χ4n) is 2.45. The summed E-state index contributed by atoms with van der Waals surface area (Å²) < 4.78 is 0. The number of aromatic amines is 1. The van der Waals surface area contributed by atoms with E-state index in [2.05, 4.69) is 10.3 Å². The molecule has 0 atom stereocenters. The van der Waals surface area contributed by atoms with Gasteiger partial charge in [-0.2, -0.15) is 0 Å². The first-order valence-corrected chi connectivity index (χ1v) is 7.23. The predicted octanol–water partition coefficient (Wildman–Crippen LogP) is 2.47. The number of rotatable bonds is 3. The zero-order valence-electron chi connectivity index (χ0n) is 12.6. The molecule has 0 aliphatic rings. The lowest BCUT2D eigenvalue weighted by molar-refractivity contribution is 0.0950. The lowest BCUT2D eigenvalue weighted by Crippen LogP contribution is -2.23. The average Bonchev–Trinajstić information content (AvgIpc) is 2.54. The first-order valence-electron chi connectivity index (χ1n) is 7.23. The summed E-state index contributed by atoms with van der Waals surface area (Å²) in [6.45, 7) is 2.00. The summed E-state index contributed by atoms with van der Waals surface area (Å²) in [4.78, 5) is 26.7. The molecule has 1 amide bonds. The Bertz CT molecular complexity index is 944. The summed E-state index contributed by atoms with van der Waals surface area (Å²) in [6, 6.07) is 13.7. The van der Waals surface area contributed by atoms with Crippen molar-refractivity contribution < 1.29 is 9.90 Å². The Morgan fingerprint density at radius 3 is 2.74 bits per heavy atom. The van der Waals surface area contributed by atoms with Gasteiger partial charge in [0, 0.05) is 29.1 Å². The summed E-state index contributed by atoms with van der Waals surface area (Å²) >= 11 is 0. The minimum Gasteiger partial charge on any atom is -0.508 e. The predicted molar refractivity (Wildman–Crippen MR) is 88.6 cm³/mol. The number of carbonyl (C=O) groups is 1. The van der Waals surface area contributed by atoms with E-state index < -0.39 is 0 Å². The Hall–Kier alpha value is -3.08. The van der Waals surface area contributed by atoms with Gasteiger partial charge < -0.3 is 15.4 Å². The number of para-hydroxylation sites is 1. The number of aromatic hydroxyl groups is 1. The van der Waals surface area contributed by atoms with E-state index in [0.29, 0.717) is 11.1 Å². The molecule has 0 radical (unpaired) electrons. The van der Waals surface area contributed by atoms with Crippen LogP contribution in [0.15, 0.2) is 53.3 Å². The van der Waals surface area contributed by atoms with E-state index in [-0.39, 0.29) is 23.8 Å². The molecule has 1 heterocycles. The number of phenols is 1. The molecule has 3 rings (SSSR count). The Morgan fingerprint density at radius 1 is 1.17 bits per heavy atom. The van der Waals surface area contributed by atoms with Crippen LogP contribution in [0.25, 0.3) is 10.9 Å². The van der Waals surface area contributed by atoms with Gasteiger partial charge in [0.25, 0.3) is 5.91 Å². The van der Waals surface area contributed by atoms with Crippen LogP contribution in [0.5, 0.6) is 5.75 Å². The summed E-state index contributed by atoms with van der Waals surface area (Å²) in [7, 11) is 0. The number of phenolic OH excluding ortho intramolecular Hbond substituents is 1. The van der Waals surface area contributed by atoms with Crippen molar-refractivity contribution in [2.75, 3.05) is 0 Å². The number of carbonyl (C=O) groups excluding carboxylic acids is 1. The maximum absolute atomic E-state index is 12.2. The number of benzene rings is 2. The van der Waals surface area contributed by atoms with Crippen molar-refractivity contribution in [1.82, 2.24) is 10.3 Å². The van der Waals surface area contributed by atoms with Crippen LogP contribution in [0, 0.1) is 6.92 Å². The highest BCUT2D eigenvalue weighted by Crippen LogP contribution is 2.18. The average molecular weight is 308 g/mol. The Labute approximate surface area is 132 Å². The number of hydrogen-bond acceptors (Lipinski definition) is 3. The fraction of sp³-hybridized carbons (Fsp3) is 0.111. The van der Waals surface area contributed by atoms with Crippen molar-refractivity contribution in [2.24, 2.45) is 0 Å². The number of pyridine rings is 1. The quantitative estimate of drug-likeness (QED) is 0.695. The number of aromatic nitrogens is 1. The molecule has 3 N–H and O–H groups in total. The second kappa shape index (κ2) is 5.96. The molecule has 0 saturated carbocycles. The molecular weight excluding hydrogens is 292 g/mol. The smallest absolute Gasteiger partial charge is 0.251 e. The Balaban J connectivity index is 1.84. The minimum atomic E-state index is -0.301. The summed E-state index contributed by atoms with van der Waals surface area (Å²) in [5.74, 6) is -0.219. The number of H-pyrrole nitrogens is 1. The topological polar surface area (TPSA) is 82.2 Å². The molecule has 0 bridgehead atoms. The molecule has 0 saturated heterocycles. The van der Waals surface area contributed by atoms with Crippen LogP contribution < -0.4 is 10.9 Å². The fourth-order valence-corrected chi connectivity index (χ4v) is 2.45. The van der Waals surface area contributed by atoms with Gasteiger partial charge in [0.05, 0.1) is 0 Å². The second-order valence-corrected chi connectivity index (χ2v) is 5.39. The van der Waals surface area contributed by atoms with Crippen LogP contribution in [0.2, 0.25) is 0 Å². The molecule has 1 aromatic heterocycles. The van der Waals surface area contributed by atoms with Gasteiger partial charge in [-0.3, -0.25) is 9.59 Å².